The van der Waals surface area contributed by atoms with Gasteiger partial charge in [0.05, 0.1) is 28.9 Å². The molecule has 0 saturated carbocycles. The van der Waals surface area contributed by atoms with Gasteiger partial charge in [0.25, 0.3) is 11.6 Å². The predicted octanol–water partition coefficient (Wildman–Crippen LogP) is 3.48. The Kier molecular flexibility index (Phi) is 6.56. The van der Waals surface area contributed by atoms with Gasteiger partial charge in [0, 0.05) is 38.3 Å². The number of nitrogens with zero attached hydrogens (tertiary/aromatic N) is 4. The lowest BCUT2D eigenvalue weighted by Gasteiger charge is -2.34. The zero-order chi connectivity index (χ0) is 25.2. The van der Waals surface area contributed by atoms with Crippen LogP contribution in [-0.4, -0.2) is 64.5 Å². The van der Waals surface area contributed by atoms with Crippen LogP contribution in [0.2, 0.25) is 0 Å². The number of piperazine rings is 1. The molecule has 2 amide bonds. The van der Waals surface area contributed by atoms with Crippen LogP contribution in [0, 0.1) is 20.8 Å². The van der Waals surface area contributed by atoms with E-state index in [0.29, 0.717) is 67.3 Å². The average Bonchev–Trinajstić information content (AvgIpc) is 3.43. The van der Waals surface area contributed by atoms with Crippen LogP contribution in [0.1, 0.15) is 33.1 Å². The molecule has 9 heteroatoms. The quantitative estimate of drug-likeness (QED) is 0.444. The molecule has 1 N–H and O–H groups in total. The molecule has 5 rings (SSSR count). The third kappa shape index (κ3) is 4.87. The van der Waals surface area contributed by atoms with Crippen LogP contribution in [0.4, 0.5) is 0 Å². The summed E-state index contributed by atoms with van der Waals surface area (Å²) in [6, 6.07) is 13.5. The summed E-state index contributed by atoms with van der Waals surface area (Å²) in [5.41, 5.74) is 3.98. The van der Waals surface area contributed by atoms with Crippen molar-refractivity contribution in [3.05, 3.63) is 70.8 Å². The third-order valence-corrected chi connectivity index (χ3v) is 6.52. The van der Waals surface area contributed by atoms with Gasteiger partial charge in [0.1, 0.15) is 11.5 Å². The van der Waals surface area contributed by atoms with Gasteiger partial charge in [-0.25, -0.2) is 4.98 Å². The fraction of sp³-hybridized carbons (Fsp3) is 0.333. The number of aryl methyl sites for hydroxylation is 3. The lowest BCUT2D eigenvalue weighted by molar-refractivity contribution is -0.122. The molecule has 186 valence electrons. The Morgan fingerprint density at radius 2 is 1.78 bits per heavy atom. The maximum absolute atomic E-state index is 13.6. The normalized spacial score (nSPS) is 14.4. The summed E-state index contributed by atoms with van der Waals surface area (Å²) in [7, 11) is 0. The van der Waals surface area contributed by atoms with Crippen LogP contribution in [0.5, 0.6) is 0 Å². The van der Waals surface area contributed by atoms with E-state index in [9.17, 15) is 9.59 Å². The molecule has 0 aliphatic carbocycles. The molecule has 0 radical (unpaired) electrons. The van der Waals surface area contributed by atoms with Crippen molar-refractivity contribution in [2.75, 3.05) is 32.7 Å². The van der Waals surface area contributed by atoms with E-state index in [-0.39, 0.29) is 11.8 Å². The third-order valence-electron chi connectivity index (χ3n) is 6.52. The van der Waals surface area contributed by atoms with Gasteiger partial charge in [-0.15, -0.1) is 0 Å². The number of hydrogen-bond acceptors (Lipinski definition) is 7. The molecule has 0 unspecified atom stereocenters. The summed E-state index contributed by atoms with van der Waals surface area (Å²) in [4.78, 5) is 34.5. The van der Waals surface area contributed by atoms with E-state index in [1.54, 1.807) is 6.07 Å². The first-order valence-corrected chi connectivity index (χ1v) is 12.1. The highest BCUT2D eigenvalue weighted by atomic mass is 16.5. The number of amides is 2. The van der Waals surface area contributed by atoms with Gasteiger partial charge in [-0.3, -0.25) is 14.5 Å². The first kappa shape index (κ1) is 23.7. The Morgan fingerprint density at radius 1 is 1.03 bits per heavy atom. The molecule has 1 aliphatic heterocycles. The monoisotopic (exact) mass is 487 g/mol. The predicted molar refractivity (Wildman–Crippen MR) is 134 cm³/mol. The molecule has 1 aromatic carbocycles. The number of aromatic nitrogens is 2. The van der Waals surface area contributed by atoms with E-state index in [1.165, 1.54) is 0 Å². The molecule has 3 aromatic heterocycles. The zero-order valence-corrected chi connectivity index (χ0v) is 20.7. The van der Waals surface area contributed by atoms with E-state index < -0.39 is 0 Å². The summed E-state index contributed by atoms with van der Waals surface area (Å²) >= 11 is 0. The molecular formula is C27H29N5O4. The van der Waals surface area contributed by atoms with Crippen LogP contribution in [0.3, 0.4) is 0 Å². The molecule has 0 bridgehead atoms. The second-order valence-corrected chi connectivity index (χ2v) is 9.16. The van der Waals surface area contributed by atoms with Crippen LogP contribution in [0.15, 0.2) is 51.4 Å². The molecule has 36 heavy (non-hydrogen) atoms. The van der Waals surface area contributed by atoms with Gasteiger partial charge in [-0.2, -0.15) is 0 Å². The minimum atomic E-state index is -0.0963. The second-order valence-electron chi connectivity index (χ2n) is 9.16. The van der Waals surface area contributed by atoms with E-state index in [0.717, 1.165) is 22.6 Å². The van der Waals surface area contributed by atoms with Crippen molar-refractivity contribution < 1.29 is 18.5 Å². The van der Waals surface area contributed by atoms with Crippen molar-refractivity contribution in [1.29, 1.82) is 0 Å². The van der Waals surface area contributed by atoms with Crippen LogP contribution in [0.25, 0.3) is 22.4 Å². The number of carbonyl (C=O) groups is 2. The molecule has 1 fully saturated rings. The summed E-state index contributed by atoms with van der Waals surface area (Å²) in [5, 5.41) is 7.64. The Labute approximate surface area is 209 Å². The lowest BCUT2D eigenvalue weighted by Crippen LogP contribution is -2.51. The Hall–Kier alpha value is -3.98. The van der Waals surface area contributed by atoms with E-state index in [1.807, 2.05) is 62.1 Å². The summed E-state index contributed by atoms with van der Waals surface area (Å²) in [6.07, 6.45) is 0. The maximum atomic E-state index is 13.6. The molecule has 4 heterocycles. The SMILES string of the molecule is Cc1cc(-c2cc(C(=O)N3CCN(CC(=O)NCc4ccccc4)CC3)c3c(C)noc3n2)c(C)o1. The average molecular weight is 488 g/mol. The number of pyridine rings is 1. The van der Waals surface area contributed by atoms with E-state index in [4.69, 9.17) is 8.94 Å². The highest BCUT2D eigenvalue weighted by Crippen LogP contribution is 2.31. The number of benzene rings is 1. The number of furan rings is 1. The second kappa shape index (κ2) is 9.94. The van der Waals surface area contributed by atoms with E-state index in [2.05, 4.69) is 20.4 Å². The lowest BCUT2D eigenvalue weighted by atomic mass is 10.0. The number of carbonyl (C=O) groups excluding carboxylic acids is 2. The molecule has 1 saturated heterocycles. The molecule has 4 aromatic rings. The van der Waals surface area contributed by atoms with Crippen LogP contribution >= 0.6 is 0 Å². The van der Waals surface area contributed by atoms with Crippen molar-refractivity contribution in [3.8, 4) is 11.3 Å². The summed E-state index contributed by atoms with van der Waals surface area (Å²) in [5.74, 6) is 1.38. The Bertz CT molecular complexity index is 1400. The van der Waals surface area contributed by atoms with Crippen molar-refractivity contribution in [3.63, 3.8) is 0 Å². The maximum Gasteiger partial charge on any atom is 0.259 e. The number of hydrogen-bond donors (Lipinski definition) is 1. The van der Waals surface area contributed by atoms with Gasteiger partial charge in [0.15, 0.2) is 0 Å². The molecule has 0 spiro atoms. The first-order valence-electron chi connectivity index (χ1n) is 12.1. The van der Waals surface area contributed by atoms with Gasteiger partial charge < -0.3 is 19.2 Å². The highest BCUT2D eigenvalue weighted by molar-refractivity contribution is 6.07. The number of nitrogens with one attached hydrogen (secondary N) is 1. The number of fused-ring (bicyclic) bond motifs is 1. The van der Waals surface area contributed by atoms with Crippen LogP contribution < -0.4 is 5.32 Å². The van der Waals surface area contributed by atoms with Gasteiger partial charge >= 0.3 is 0 Å². The molecule has 1 aliphatic rings. The zero-order valence-electron chi connectivity index (χ0n) is 20.7. The fourth-order valence-electron chi connectivity index (χ4n) is 4.62. The molecular weight excluding hydrogens is 458 g/mol. The standard InChI is InChI=1S/C27H29N5O4/c1-17-13-21(19(3)35-17)23-14-22(25-18(2)30-36-26(25)29-23)27(34)32-11-9-31(10-12-32)16-24(33)28-15-20-7-5-4-6-8-20/h4-8,13-14H,9-12,15-16H2,1-3H3,(H,28,33). The first-order chi connectivity index (χ1) is 17.4. The van der Waals surface area contributed by atoms with Gasteiger partial charge in [-0.05, 0) is 38.5 Å². The van der Waals surface area contributed by atoms with Crippen molar-refractivity contribution in [2.45, 2.75) is 27.3 Å². The minimum absolute atomic E-state index is 0.0232. The largest absolute Gasteiger partial charge is 0.466 e. The number of rotatable bonds is 6. The van der Waals surface area contributed by atoms with E-state index >= 15 is 0 Å². The Morgan fingerprint density at radius 3 is 2.47 bits per heavy atom. The van der Waals surface area contributed by atoms with Crippen molar-refractivity contribution in [2.24, 2.45) is 0 Å². The highest BCUT2D eigenvalue weighted by Gasteiger charge is 2.27. The summed E-state index contributed by atoms with van der Waals surface area (Å²) in [6.45, 7) is 8.66. The Balaban J connectivity index is 1.27. The topological polar surface area (TPSA) is 105 Å². The van der Waals surface area contributed by atoms with Crippen LogP contribution in [-0.2, 0) is 11.3 Å². The minimum Gasteiger partial charge on any atom is -0.466 e. The van der Waals surface area contributed by atoms with Crippen molar-refractivity contribution >= 4 is 22.9 Å². The van der Waals surface area contributed by atoms with Crippen molar-refractivity contribution in [1.82, 2.24) is 25.3 Å². The van der Waals surface area contributed by atoms with Gasteiger partial charge in [0.2, 0.25) is 5.91 Å². The fourth-order valence-corrected chi connectivity index (χ4v) is 4.62. The summed E-state index contributed by atoms with van der Waals surface area (Å²) < 4.78 is 11.1. The molecule has 0 atom stereocenters. The smallest absolute Gasteiger partial charge is 0.259 e. The molecule has 9 nitrogen and oxygen atoms in total. The van der Waals surface area contributed by atoms with Gasteiger partial charge in [-0.1, -0.05) is 35.5 Å².